The second kappa shape index (κ2) is 10.4. The minimum absolute atomic E-state index is 0.668. The first-order valence-corrected chi connectivity index (χ1v) is 7.10. The smallest absolute Gasteiger partial charge is 0.149 e. The first-order chi connectivity index (χ1) is 9.81. The summed E-state index contributed by atoms with van der Waals surface area (Å²) in [6, 6.07) is 0. The molecule has 0 aliphatic heterocycles. The Labute approximate surface area is 121 Å². The number of rotatable bonds is 11. The minimum Gasteiger partial charge on any atom is -0.385 e. The summed E-state index contributed by atoms with van der Waals surface area (Å²) in [6.07, 6.45) is 5.56. The molecule has 0 saturated heterocycles. The van der Waals surface area contributed by atoms with Crippen LogP contribution in [0.3, 0.4) is 0 Å². The highest BCUT2D eigenvalue weighted by Gasteiger charge is 2.09. The fourth-order valence-corrected chi connectivity index (χ4v) is 1.79. The SMILES string of the molecule is CCCNc1cncc(N(CCCOC)CCOC)n1. The van der Waals surface area contributed by atoms with Gasteiger partial charge in [-0.2, -0.15) is 0 Å². The zero-order chi connectivity index (χ0) is 14.6. The van der Waals surface area contributed by atoms with Crippen molar-refractivity contribution in [2.45, 2.75) is 19.8 Å². The molecule has 6 nitrogen and oxygen atoms in total. The van der Waals surface area contributed by atoms with Crippen molar-refractivity contribution < 1.29 is 9.47 Å². The Kier molecular flexibility index (Phi) is 8.66. The molecular weight excluding hydrogens is 256 g/mol. The Morgan fingerprint density at radius 1 is 1.15 bits per heavy atom. The first-order valence-electron chi connectivity index (χ1n) is 7.10. The molecule has 1 rings (SSSR count). The third-order valence-corrected chi connectivity index (χ3v) is 2.84. The van der Waals surface area contributed by atoms with Gasteiger partial charge in [0.15, 0.2) is 0 Å². The Balaban J connectivity index is 2.66. The van der Waals surface area contributed by atoms with Crippen LogP contribution in [0.5, 0.6) is 0 Å². The van der Waals surface area contributed by atoms with Crippen LogP contribution in [0.15, 0.2) is 12.4 Å². The summed E-state index contributed by atoms with van der Waals surface area (Å²) in [5.41, 5.74) is 0. The van der Waals surface area contributed by atoms with Crippen molar-refractivity contribution >= 4 is 11.6 Å². The highest BCUT2D eigenvalue weighted by atomic mass is 16.5. The lowest BCUT2D eigenvalue weighted by atomic mass is 10.3. The number of hydrogen-bond acceptors (Lipinski definition) is 6. The van der Waals surface area contributed by atoms with Crippen LogP contribution in [0.2, 0.25) is 0 Å². The van der Waals surface area contributed by atoms with Crippen LogP contribution in [-0.4, -0.2) is 57.0 Å². The van der Waals surface area contributed by atoms with E-state index in [4.69, 9.17) is 9.47 Å². The van der Waals surface area contributed by atoms with Crippen molar-refractivity contribution in [3.8, 4) is 0 Å². The summed E-state index contributed by atoms with van der Waals surface area (Å²) in [6.45, 7) is 6.11. The van der Waals surface area contributed by atoms with Crippen LogP contribution in [0, 0.1) is 0 Å². The van der Waals surface area contributed by atoms with Gasteiger partial charge in [0.1, 0.15) is 11.6 Å². The van der Waals surface area contributed by atoms with Gasteiger partial charge in [0.2, 0.25) is 0 Å². The Hall–Kier alpha value is -1.40. The molecule has 1 N–H and O–H groups in total. The summed E-state index contributed by atoms with van der Waals surface area (Å²) in [5.74, 6) is 1.69. The number of ether oxygens (including phenoxy) is 2. The van der Waals surface area contributed by atoms with E-state index >= 15 is 0 Å². The first kappa shape index (κ1) is 16.7. The van der Waals surface area contributed by atoms with E-state index in [1.165, 1.54) is 0 Å². The lowest BCUT2D eigenvalue weighted by Crippen LogP contribution is -2.30. The number of methoxy groups -OCH3 is 2. The number of hydrogen-bond donors (Lipinski definition) is 1. The molecule has 0 fully saturated rings. The normalized spacial score (nSPS) is 10.6. The quantitative estimate of drug-likeness (QED) is 0.624. The van der Waals surface area contributed by atoms with Crippen LogP contribution < -0.4 is 10.2 Å². The van der Waals surface area contributed by atoms with Crippen LogP contribution >= 0.6 is 0 Å². The largest absolute Gasteiger partial charge is 0.385 e. The standard InChI is InChI=1S/C14H26N4O2/c1-4-6-16-13-11-15-12-14(17-13)18(8-10-20-3)7-5-9-19-2/h11-12H,4-10H2,1-3H3,(H,16,17). The maximum atomic E-state index is 5.16. The molecule has 0 atom stereocenters. The van der Waals surface area contributed by atoms with E-state index < -0.39 is 0 Å². The number of anilines is 2. The van der Waals surface area contributed by atoms with Gasteiger partial charge in [0, 0.05) is 40.5 Å². The fourth-order valence-electron chi connectivity index (χ4n) is 1.79. The lowest BCUT2D eigenvalue weighted by molar-refractivity contribution is 0.191. The van der Waals surface area contributed by atoms with Gasteiger partial charge in [-0.25, -0.2) is 4.98 Å². The summed E-state index contributed by atoms with van der Waals surface area (Å²) in [7, 11) is 3.42. The molecule has 0 aliphatic rings. The van der Waals surface area contributed by atoms with E-state index in [0.717, 1.165) is 50.7 Å². The average molecular weight is 282 g/mol. The molecule has 0 spiro atoms. The van der Waals surface area contributed by atoms with Crippen LogP contribution in [0.4, 0.5) is 11.6 Å². The lowest BCUT2D eigenvalue weighted by Gasteiger charge is -2.23. The maximum absolute atomic E-state index is 5.16. The van der Waals surface area contributed by atoms with E-state index in [-0.39, 0.29) is 0 Å². The van der Waals surface area contributed by atoms with Crippen LogP contribution in [-0.2, 0) is 9.47 Å². The van der Waals surface area contributed by atoms with Gasteiger partial charge in [0.05, 0.1) is 19.0 Å². The van der Waals surface area contributed by atoms with Gasteiger partial charge in [-0.1, -0.05) is 6.92 Å². The molecule has 6 heteroatoms. The van der Waals surface area contributed by atoms with Crippen molar-refractivity contribution in [3.05, 3.63) is 12.4 Å². The van der Waals surface area contributed by atoms with Crippen molar-refractivity contribution in [1.82, 2.24) is 9.97 Å². The molecule has 0 unspecified atom stereocenters. The maximum Gasteiger partial charge on any atom is 0.149 e. The number of nitrogens with one attached hydrogen (secondary N) is 1. The van der Waals surface area contributed by atoms with Gasteiger partial charge in [-0.05, 0) is 12.8 Å². The van der Waals surface area contributed by atoms with Crippen LogP contribution in [0.25, 0.3) is 0 Å². The third kappa shape index (κ3) is 6.16. The van der Waals surface area contributed by atoms with E-state index in [9.17, 15) is 0 Å². The minimum atomic E-state index is 0.668. The van der Waals surface area contributed by atoms with Crippen molar-refractivity contribution in [3.63, 3.8) is 0 Å². The molecule has 0 aromatic carbocycles. The van der Waals surface area contributed by atoms with Gasteiger partial charge < -0.3 is 19.7 Å². The molecule has 1 heterocycles. The van der Waals surface area contributed by atoms with Crippen molar-refractivity contribution in [2.75, 3.05) is 57.3 Å². The fraction of sp³-hybridized carbons (Fsp3) is 0.714. The van der Waals surface area contributed by atoms with Gasteiger partial charge in [-0.15, -0.1) is 0 Å². The second-order valence-electron chi connectivity index (χ2n) is 4.52. The molecule has 1 aromatic rings. The van der Waals surface area contributed by atoms with E-state index in [1.54, 1.807) is 26.6 Å². The highest BCUT2D eigenvalue weighted by Crippen LogP contribution is 2.13. The van der Waals surface area contributed by atoms with Crippen molar-refractivity contribution in [1.29, 1.82) is 0 Å². The number of aromatic nitrogens is 2. The molecule has 0 bridgehead atoms. The summed E-state index contributed by atoms with van der Waals surface area (Å²) >= 11 is 0. The summed E-state index contributed by atoms with van der Waals surface area (Å²) in [4.78, 5) is 11.0. The predicted octanol–water partition coefficient (Wildman–Crippen LogP) is 1.79. The van der Waals surface area contributed by atoms with Crippen LogP contribution in [0.1, 0.15) is 19.8 Å². The van der Waals surface area contributed by atoms with E-state index in [0.29, 0.717) is 6.61 Å². The molecule has 20 heavy (non-hydrogen) atoms. The second-order valence-corrected chi connectivity index (χ2v) is 4.52. The monoisotopic (exact) mass is 282 g/mol. The topological polar surface area (TPSA) is 59.5 Å². The Morgan fingerprint density at radius 2 is 1.95 bits per heavy atom. The van der Waals surface area contributed by atoms with E-state index in [2.05, 4.69) is 27.1 Å². The molecule has 0 amide bonds. The summed E-state index contributed by atoms with van der Waals surface area (Å²) in [5, 5.41) is 3.26. The Bertz CT molecular complexity index is 363. The molecular formula is C14H26N4O2. The van der Waals surface area contributed by atoms with E-state index in [1.807, 2.05) is 0 Å². The average Bonchev–Trinajstić information content (AvgIpc) is 2.49. The molecule has 114 valence electrons. The Morgan fingerprint density at radius 3 is 2.65 bits per heavy atom. The zero-order valence-electron chi connectivity index (χ0n) is 12.8. The molecule has 0 radical (unpaired) electrons. The molecule has 1 aromatic heterocycles. The van der Waals surface area contributed by atoms with Gasteiger partial charge in [-0.3, -0.25) is 4.98 Å². The molecule has 0 saturated carbocycles. The zero-order valence-corrected chi connectivity index (χ0v) is 12.8. The predicted molar refractivity (Wildman–Crippen MR) is 81.4 cm³/mol. The molecule has 0 aliphatic carbocycles. The van der Waals surface area contributed by atoms with Gasteiger partial charge in [0.25, 0.3) is 0 Å². The number of nitrogens with zero attached hydrogens (tertiary/aromatic N) is 3. The van der Waals surface area contributed by atoms with Gasteiger partial charge >= 0.3 is 0 Å². The summed E-state index contributed by atoms with van der Waals surface area (Å²) < 4.78 is 10.3. The third-order valence-electron chi connectivity index (χ3n) is 2.84. The van der Waals surface area contributed by atoms with Crippen molar-refractivity contribution in [2.24, 2.45) is 0 Å². The highest BCUT2D eigenvalue weighted by molar-refractivity contribution is 5.43.